The number of hydrogen-bond donors (Lipinski definition) is 2. The average Bonchev–Trinajstić information content (AvgIpc) is 1.76. The molecular weight excluding hydrogens is 204 g/mol. The first-order chi connectivity index (χ1) is 6.18. The van der Waals surface area contributed by atoms with Crippen molar-refractivity contribution in [2.45, 2.75) is 26.3 Å². The molecule has 2 N–H and O–H groups in total. The lowest BCUT2D eigenvalue weighted by Crippen LogP contribution is -2.47. The summed E-state index contributed by atoms with van der Waals surface area (Å²) in [4.78, 5) is 11.2. The van der Waals surface area contributed by atoms with Crippen LogP contribution in [0.5, 0.6) is 0 Å². The number of rotatable bonds is 1. The molecule has 0 aromatic heterocycles. The van der Waals surface area contributed by atoms with E-state index < -0.39 is 9.84 Å². The maximum absolute atomic E-state index is 11.2. The molecule has 1 aliphatic heterocycles. The van der Waals surface area contributed by atoms with Crippen LogP contribution in [0.25, 0.3) is 0 Å². The molecule has 14 heavy (non-hydrogen) atoms. The van der Waals surface area contributed by atoms with Crippen LogP contribution in [0.15, 0.2) is 11.1 Å². The molecule has 0 unspecified atom stereocenters. The zero-order chi connectivity index (χ0) is 11.0. The van der Waals surface area contributed by atoms with Gasteiger partial charge in [-0.15, -0.1) is 0 Å². The van der Waals surface area contributed by atoms with Gasteiger partial charge in [0.25, 0.3) is 0 Å². The number of carbonyl (C=O) groups excluding carboxylic acids is 1. The van der Waals surface area contributed by atoms with Gasteiger partial charge in [-0.1, -0.05) is 0 Å². The fourth-order valence-corrected chi connectivity index (χ4v) is 1.94. The molecule has 2 amide bonds. The minimum atomic E-state index is -3.02. The van der Waals surface area contributed by atoms with Crippen LogP contribution in [0.4, 0.5) is 4.79 Å². The summed E-state index contributed by atoms with van der Waals surface area (Å²) in [5, 5.41) is 6.19. The molecule has 0 atom stereocenters. The summed E-state index contributed by atoms with van der Waals surface area (Å²) >= 11 is 0. The molecule has 0 aliphatic carbocycles. The van der Waals surface area contributed by atoms with E-state index in [0.29, 0.717) is 5.70 Å². The first kappa shape index (κ1) is 11.0. The van der Waals surface area contributed by atoms with Crippen LogP contribution in [0.1, 0.15) is 20.8 Å². The van der Waals surface area contributed by atoms with Gasteiger partial charge in [0.1, 0.15) is 0 Å². The van der Waals surface area contributed by atoms with Gasteiger partial charge in [0.2, 0.25) is 0 Å². The van der Waals surface area contributed by atoms with E-state index in [4.69, 9.17) is 0 Å². The second-order valence-corrected chi connectivity index (χ2v) is 6.13. The summed E-state index contributed by atoms with van der Waals surface area (Å²) in [7, 11) is -3.02. The highest BCUT2D eigenvalue weighted by molar-refractivity contribution is 7.95. The molecule has 6 heteroatoms. The van der Waals surface area contributed by atoms with Gasteiger partial charge in [0.15, 0.2) is 9.84 Å². The van der Waals surface area contributed by atoms with Crippen LogP contribution >= 0.6 is 0 Å². The quantitative estimate of drug-likeness (QED) is 0.667. The second-order valence-electron chi connectivity index (χ2n) is 4.28. The van der Waals surface area contributed by atoms with Crippen molar-refractivity contribution in [3.05, 3.63) is 11.1 Å². The van der Waals surface area contributed by atoms with Gasteiger partial charge >= 0.3 is 6.03 Å². The molecule has 0 saturated carbocycles. The van der Waals surface area contributed by atoms with Gasteiger partial charge in [0.05, 0.1) is 11.2 Å². The first-order valence-electron chi connectivity index (χ1n) is 4.20. The summed E-state index contributed by atoms with van der Waals surface area (Å²) in [5.74, 6) is -0.0788. The van der Waals surface area contributed by atoms with E-state index in [0.717, 1.165) is 5.41 Å². The van der Waals surface area contributed by atoms with E-state index in [1.54, 1.807) is 0 Å². The Morgan fingerprint density at radius 3 is 2.29 bits per heavy atom. The SMILES string of the molecule is CC(C)(C)NC(=O)NC1=CS(=O)(=O)C1. The lowest BCUT2D eigenvalue weighted by atomic mass is 10.1. The Hall–Kier alpha value is -1.04. The Morgan fingerprint density at radius 2 is 1.93 bits per heavy atom. The highest BCUT2D eigenvalue weighted by atomic mass is 32.2. The average molecular weight is 218 g/mol. The zero-order valence-electron chi connectivity index (χ0n) is 8.42. The standard InChI is InChI=1S/C8H14N2O3S/c1-8(2,3)10-7(11)9-6-4-14(12,13)5-6/h4H,5H2,1-3H3,(H2,9,10,11). The van der Waals surface area contributed by atoms with Crippen LogP contribution in [0.3, 0.4) is 0 Å². The van der Waals surface area contributed by atoms with Gasteiger partial charge in [-0.05, 0) is 20.8 Å². The highest BCUT2D eigenvalue weighted by Gasteiger charge is 2.24. The van der Waals surface area contributed by atoms with Crippen molar-refractivity contribution in [2.75, 3.05) is 5.75 Å². The third-order valence-corrected chi connectivity index (χ3v) is 2.80. The molecule has 0 radical (unpaired) electrons. The molecule has 0 bridgehead atoms. The topological polar surface area (TPSA) is 75.3 Å². The molecule has 0 aromatic carbocycles. The molecule has 80 valence electrons. The summed E-state index contributed by atoms with van der Waals surface area (Å²) in [6, 6.07) is -0.376. The van der Waals surface area contributed by atoms with Crippen LogP contribution < -0.4 is 10.6 Å². The lowest BCUT2D eigenvalue weighted by Gasteiger charge is -2.23. The Morgan fingerprint density at radius 1 is 1.43 bits per heavy atom. The van der Waals surface area contributed by atoms with Gasteiger partial charge in [-0.25, -0.2) is 13.2 Å². The van der Waals surface area contributed by atoms with E-state index in [1.165, 1.54) is 0 Å². The maximum atomic E-state index is 11.2. The van der Waals surface area contributed by atoms with Crippen LogP contribution in [0.2, 0.25) is 0 Å². The lowest BCUT2D eigenvalue weighted by molar-refractivity contribution is 0.234. The maximum Gasteiger partial charge on any atom is 0.319 e. The molecule has 0 spiro atoms. The third kappa shape index (κ3) is 3.37. The molecule has 0 saturated heterocycles. The molecule has 0 fully saturated rings. The van der Waals surface area contributed by atoms with Gasteiger partial charge in [0, 0.05) is 11.2 Å². The molecule has 5 nitrogen and oxygen atoms in total. The van der Waals surface area contributed by atoms with E-state index in [-0.39, 0.29) is 17.3 Å². The molecule has 1 rings (SSSR count). The van der Waals surface area contributed by atoms with Crippen molar-refractivity contribution >= 4 is 15.9 Å². The van der Waals surface area contributed by atoms with Crippen molar-refractivity contribution < 1.29 is 13.2 Å². The minimum absolute atomic E-state index is 0.0788. The zero-order valence-corrected chi connectivity index (χ0v) is 9.23. The highest BCUT2D eigenvalue weighted by Crippen LogP contribution is 2.12. The smallest absolute Gasteiger partial charge is 0.319 e. The van der Waals surface area contributed by atoms with Gasteiger partial charge in [-0.2, -0.15) is 0 Å². The van der Waals surface area contributed by atoms with E-state index in [2.05, 4.69) is 10.6 Å². The number of nitrogens with one attached hydrogen (secondary N) is 2. The monoisotopic (exact) mass is 218 g/mol. The minimum Gasteiger partial charge on any atom is -0.333 e. The van der Waals surface area contributed by atoms with Crippen LogP contribution in [-0.4, -0.2) is 25.7 Å². The van der Waals surface area contributed by atoms with Crippen LogP contribution in [0, 0.1) is 0 Å². The van der Waals surface area contributed by atoms with E-state index in [1.807, 2.05) is 20.8 Å². The van der Waals surface area contributed by atoms with Gasteiger partial charge in [-0.3, -0.25) is 0 Å². The predicted octanol–water partition coefficient (Wildman–Crippen LogP) is 0.354. The molecular formula is C8H14N2O3S. The second kappa shape index (κ2) is 3.27. The Bertz CT molecular complexity index is 376. The fourth-order valence-electron chi connectivity index (χ4n) is 0.993. The molecule has 1 aliphatic rings. The van der Waals surface area contributed by atoms with Crippen LogP contribution in [-0.2, 0) is 9.84 Å². The van der Waals surface area contributed by atoms with Crippen molar-refractivity contribution in [1.82, 2.24) is 10.6 Å². The summed E-state index contributed by atoms with van der Waals surface area (Å²) in [5.41, 5.74) is 0.111. The van der Waals surface area contributed by atoms with Crippen molar-refractivity contribution in [3.63, 3.8) is 0 Å². The van der Waals surface area contributed by atoms with E-state index >= 15 is 0 Å². The summed E-state index contributed by atoms with van der Waals surface area (Å²) < 4.78 is 21.4. The summed E-state index contributed by atoms with van der Waals surface area (Å²) in [6.45, 7) is 5.54. The molecule has 1 heterocycles. The van der Waals surface area contributed by atoms with Gasteiger partial charge < -0.3 is 10.6 Å². The number of urea groups is 1. The number of carbonyl (C=O) groups is 1. The Balaban J connectivity index is 2.45. The summed E-state index contributed by atoms with van der Waals surface area (Å²) in [6.07, 6.45) is 0. The van der Waals surface area contributed by atoms with E-state index in [9.17, 15) is 13.2 Å². The molecule has 0 aromatic rings. The number of amides is 2. The largest absolute Gasteiger partial charge is 0.333 e. The number of sulfone groups is 1. The predicted molar refractivity (Wildman–Crippen MR) is 53.3 cm³/mol. The Kier molecular flexibility index (Phi) is 2.58. The van der Waals surface area contributed by atoms with Crippen molar-refractivity contribution in [2.24, 2.45) is 0 Å². The first-order valence-corrected chi connectivity index (χ1v) is 5.92. The Labute approximate surface area is 83.5 Å². The van der Waals surface area contributed by atoms with Crippen molar-refractivity contribution in [1.29, 1.82) is 0 Å². The fraction of sp³-hybridized carbons (Fsp3) is 0.625. The third-order valence-electron chi connectivity index (χ3n) is 1.44. The number of hydrogen-bond acceptors (Lipinski definition) is 3. The normalized spacial score (nSPS) is 19.2. The van der Waals surface area contributed by atoms with Crippen molar-refractivity contribution in [3.8, 4) is 0 Å².